The van der Waals surface area contributed by atoms with Gasteiger partial charge in [0, 0.05) is 23.3 Å². The highest BCUT2D eigenvalue weighted by molar-refractivity contribution is 8.26. The molecule has 2 aromatic carbocycles. The van der Waals surface area contributed by atoms with Gasteiger partial charge < -0.3 is 9.90 Å². The monoisotopic (exact) mass is 472 g/mol. The molecule has 13 heteroatoms. The number of carbonyl (C=O) groups is 3. The smallest absolute Gasteiger partial charge is 0.277 e. The maximum atomic E-state index is 12.7. The Bertz CT molecular complexity index is 1190. The SMILES string of the molecule is O=C([O-])CN1C(=O)/C(=C\c2ccc(C(=O)c3cc([N+](=O)[O-])cc([N+](=O)[O-])c3)cc2)SC1=S. The Hall–Kier alpha value is -3.97. The third-order valence-corrected chi connectivity index (χ3v) is 5.60. The largest absolute Gasteiger partial charge is 0.548 e. The van der Waals surface area contributed by atoms with Crippen molar-refractivity contribution in [2.75, 3.05) is 6.54 Å². The zero-order valence-corrected chi connectivity index (χ0v) is 17.4. The molecule has 0 aliphatic carbocycles. The summed E-state index contributed by atoms with van der Waals surface area (Å²) in [4.78, 5) is 57.2. The number of rotatable bonds is 7. The van der Waals surface area contributed by atoms with Crippen molar-refractivity contribution in [3.63, 3.8) is 0 Å². The highest BCUT2D eigenvalue weighted by atomic mass is 32.2. The number of hydrogen-bond acceptors (Lipinski definition) is 10. The van der Waals surface area contributed by atoms with Gasteiger partial charge in [0.25, 0.3) is 17.3 Å². The third kappa shape index (κ3) is 4.84. The first-order valence-electron chi connectivity index (χ1n) is 8.60. The van der Waals surface area contributed by atoms with E-state index < -0.39 is 45.4 Å². The molecule has 1 aliphatic heterocycles. The van der Waals surface area contributed by atoms with Gasteiger partial charge in [0.15, 0.2) is 5.78 Å². The third-order valence-electron chi connectivity index (χ3n) is 4.22. The minimum absolute atomic E-state index is 0.0736. The highest BCUT2D eigenvalue weighted by Gasteiger charge is 2.31. The summed E-state index contributed by atoms with van der Waals surface area (Å²) in [5.74, 6) is -2.70. The summed E-state index contributed by atoms with van der Waals surface area (Å²) in [6.45, 7) is -0.662. The molecule has 0 bridgehead atoms. The van der Waals surface area contributed by atoms with E-state index >= 15 is 0 Å². The van der Waals surface area contributed by atoms with Crippen molar-refractivity contribution in [2.45, 2.75) is 0 Å². The van der Waals surface area contributed by atoms with Crippen LogP contribution in [0, 0.1) is 20.2 Å². The van der Waals surface area contributed by atoms with Crippen LogP contribution in [-0.4, -0.2) is 43.3 Å². The van der Waals surface area contributed by atoms with Crippen LogP contribution < -0.4 is 5.11 Å². The van der Waals surface area contributed by atoms with Crippen LogP contribution in [0.5, 0.6) is 0 Å². The van der Waals surface area contributed by atoms with Gasteiger partial charge in [0.05, 0.1) is 33.3 Å². The number of amides is 1. The van der Waals surface area contributed by atoms with Crippen molar-refractivity contribution in [3.8, 4) is 0 Å². The fourth-order valence-electron chi connectivity index (χ4n) is 2.75. The number of carboxylic acid groups (broad SMARTS) is 1. The molecule has 0 radical (unpaired) electrons. The van der Waals surface area contributed by atoms with E-state index in [-0.39, 0.29) is 20.4 Å². The van der Waals surface area contributed by atoms with Crippen molar-refractivity contribution in [3.05, 3.63) is 84.3 Å². The molecular weight excluding hydrogens is 462 g/mol. The van der Waals surface area contributed by atoms with Crippen LogP contribution in [0.2, 0.25) is 0 Å². The molecule has 0 unspecified atom stereocenters. The summed E-state index contributed by atoms with van der Waals surface area (Å²) in [5, 5.41) is 32.8. The fourth-order valence-corrected chi connectivity index (χ4v) is 4.01. The maximum Gasteiger partial charge on any atom is 0.277 e. The predicted octanol–water partition coefficient (Wildman–Crippen LogP) is 1.69. The number of ketones is 1. The van der Waals surface area contributed by atoms with E-state index in [1.807, 2.05) is 0 Å². The average molecular weight is 472 g/mol. The van der Waals surface area contributed by atoms with Crippen LogP contribution in [0.15, 0.2) is 47.4 Å². The molecule has 1 amide bonds. The lowest BCUT2D eigenvalue weighted by Crippen LogP contribution is -2.40. The first-order chi connectivity index (χ1) is 15.1. The fraction of sp³-hybridized carbons (Fsp3) is 0.0526. The van der Waals surface area contributed by atoms with Gasteiger partial charge in [0.2, 0.25) is 0 Å². The summed E-state index contributed by atoms with van der Waals surface area (Å²) in [6.07, 6.45) is 1.46. The van der Waals surface area contributed by atoms with Gasteiger partial charge in [-0.1, -0.05) is 48.2 Å². The van der Waals surface area contributed by atoms with Crippen molar-refractivity contribution >= 4 is 63.4 Å². The number of aliphatic carboxylic acids is 1. The number of hydrogen-bond donors (Lipinski definition) is 0. The molecule has 1 aliphatic rings. The van der Waals surface area contributed by atoms with Crippen LogP contribution >= 0.6 is 24.0 Å². The van der Waals surface area contributed by atoms with Gasteiger partial charge in [-0.2, -0.15) is 0 Å². The van der Waals surface area contributed by atoms with E-state index in [1.54, 1.807) is 0 Å². The summed E-state index contributed by atoms with van der Waals surface area (Å²) in [6, 6.07) is 8.42. The number of non-ortho nitro benzene ring substituents is 2. The Morgan fingerprint density at radius 1 is 1.00 bits per heavy atom. The zero-order valence-electron chi connectivity index (χ0n) is 15.8. The Labute approximate surface area is 188 Å². The van der Waals surface area contributed by atoms with E-state index in [0.717, 1.165) is 34.9 Å². The second-order valence-corrected chi connectivity index (χ2v) is 8.02. The molecular formula is C19H10N3O8S2-. The predicted molar refractivity (Wildman–Crippen MR) is 115 cm³/mol. The normalized spacial score (nSPS) is 14.6. The van der Waals surface area contributed by atoms with Gasteiger partial charge in [-0.15, -0.1) is 0 Å². The van der Waals surface area contributed by atoms with Gasteiger partial charge in [-0.05, 0) is 11.6 Å². The van der Waals surface area contributed by atoms with E-state index in [0.29, 0.717) is 5.56 Å². The van der Waals surface area contributed by atoms with Crippen LogP contribution in [0.25, 0.3) is 6.08 Å². The summed E-state index contributed by atoms with van der Waals surface area (Å²) >= 11 is 5.91. The molecule has 3 rings (SSSR count). The van der Waals surface area contributed by atoms with Gasteiger partial charge >= 0.3 is 0 Å². The number of nitro groups is 2. The zero-order chi connectivity index (χ0) is 23.6. The van der Waals surface area contributed by atoms with Gasteiger partial charge in [0.1, 0.15) is 4.32 Å². The summed E-state index contributed by atoms with van der Waals surface area (Å²) < 4.78 is 0.0736. The number of thiocarbonyl (C=S) groups is 1. The van der Waals surface area contributed by atoms with E-state index in [1.165, 1.54) is 30.3 Å². The molecule has 32 heavy (non-hydrogen) atoms. The second-order valence-electron chi connectivity index (χ2n) is 6.34. The highest BCUT2D eigenvalue weighted by Crippen LogP contribution is 2.32. The quantitative estimate of drug-likeness (QED) is 0.190. The number of nitrogens with zero attached hydrogens (tertiary/aromatic N) is 3. The molecule has 162 valence electrons. The Morgan fingerprint density at radius 3 is 2.06 bits per heavy atom. The van der Waals surface area contributed by atoms with Crippen molar-refractivity contribution in [1.29, 1.82) is 0 Å². The number of nitro benzene ring substituents is 2. The Morgan fingerprint density at radius 2 is 1.56 bits per heavy atom. The lowest BCUT2D eigenvalue weighted by Gasteiger charge is -2.14. The molecule has 0 aromatic heterocycles. The number of carbonyl (C=O) groups excluding carboxylic acids is 3. The van der Waals surface area contributed by atoms with Crippen LogP contribution in [-0.2, 0) is 9.59 Å². The van der Waals surface area contributed by atoms with Crippen LogP contribution in [0.1, 0.15) is 21.5 Å². The second kappa shape index (κ2) is 9.03. The number of thioether (sulfide) groups is 1. The topological polar surface area (TPSA) is 164 Å². The summed E-state index contributed by atoms with van der Waals surface area (Å²) in [7, 11) is 0. The van der Waals surface area contributed by atoms with E-state index in [4.69, 9.17) is 12.2 Å². The first-order valence-corrected chi connectivity index (χ1v) is 9.83. The van der Waals surface area contributed by atoms with Crippen molar-refractivity contribution in [2.24, 2.45) is 0 Å². The van der Waals surface area contributed by atoms with Gasteiger partial charge in [-0.3, -0.25) is 34.7 Å². The first kappa shape index (κ1) is 22.7. The Kier molecular flexibility index (Phi) is 6.41. The minimum atomic E-state index is -1.45. The van der Waals surface area contributed by atoms with Gasteiger partial charge in [-0.25, -0.2) is 0 Å². The standard InChI is InChI=1S/C19H11N3O8S2/c23-16(24)9-20-18(26)15(32-19(20)31)5-10-1-3-11(4-2-10)17(25)12-6-13(21(27)28)8-14(7-12)22(29)30/h1-8H,9H2,(H,23,24)/p-1/b15-5+. The molecule has 0 atom stereocenters. The molecule has 0 spiro atoms. The van der Waals surface area contributed by atoms with E-state index in [9.17, 15) is 39.7 Å². The average Bonchev–Trinajstić information content (AvgIpc) is 3.00. The van der Waals surface area contributed by atoms with Crippen LogP contribution in [0.3, 0.4) is 0 Å². The van der Waals surface area contributed by atoms with Crippen LogP contribution in [0.4, 0.5) is 11.4 Å². The maximum absolute atomic E-state index is 12.7. The molecule has 1 fully saturated rings. The molecule has 0 saturated carbocycles. The minimum Gasteiger partial charge on any atom is -0.548 e. The Balaban J connectivity index is 1.86. The molecule has 1 saturated heterocycles. The molecule has 2 aromatic rings. The lowest BCUT2D eigenvalue weighted by atomic mass is 10.0. The molecule has 1 heterocycles. The summed E-state index contributed by atoms with van der Waals surface area (Å²) in [5.41, 5.74) is -0.778. The number of benzene rings is 2. The van der Waals surface area contributed by atoms with E-state index in [2.05, 4.69) is 0 Å². The molecule has 11 nitrogen and oxygen atoms in total. The van der Waals surface area contributed by atoms with Crippen molar-refractivity contribution < 1.29 is 29.3 Å². The molecule has 0 N–H and O–H groups in total. The van der Waals surface area contributed by atoms with Crippen molar-refractivity contribution in [1.82, 2.24) is 4.90 Å². The number of carboxylic acids is 1. The lowest BCUT2D eigenvalue weighted by molar-refractivity contribution is -0.394.